The number of imidazole rings is 1. The second-order valence-electron chi connectivity index (χ2n) is 3.31. The number of aromatic nitrogens is 3. The van der Waals surface area contributed by atoms with E-state index in [2.05, 4.69) is 31.9 Å². The molecule has 6 nitrogen and oxygen atoms in total. The standard InChI is InChI=1S/C11H12N6/c1-9(11-13-6-7-14-11)15-16-17(2)10-4-3-5-12-8-10/h3-8H,1H2,2H3,(H,13,14). The van der Waals surface area contributed by atoms with E-state index in [-0.39, 0.29) is 0 Å². The summed E-state index contributed by atoms with van der Waals surface area (Å²) in [6.07, 6.45) is 6.76. The summed E-state index contributed by atoms with van der Waals surface area (Å²) in [5.74, 6) is 0.605. The van der Waals surface area contributed by atoms with E-state index in [1.54, 1.807) is 36.8 Å². The average molecular weight is 228 g/mol. The van der Waals surface area contributed by atoms with Gasteiger partial charge in [0.15, 0.2) is 5.82 Å². The van der Waals surface area contributed by atoms with Gasteiger partial charge in [0.05, 0.1) is 11.9 Å². The Hall–Kier alpha value is -2.50. The van der Waals surface area contributed by atoms with Crippen molar-refractivity contribution in [3.05, 3.63) is 49.3 Å². The highest BCUT2D eigenvalue weighted by Crippen LogP contribution is 2.13. The Labute approximate surface area is 98.7 Å². The van der Waals surface area contributed by atoms with Crippen LogP contribution in [0.15, 0.2) is 53.8 Å². The molecular weight excluding hydrogens is 216 g/mol. The van der Waals surface area contributed by atoms with E-state index in [1.165, 1.54) is 0 Å². The zero-order chi connectivity index (χ0) is 12.1. The van der Waals surface area contributed by atoms with Gasteiger partial charge in [0.1, 0.15) is 5.70 Å². The summed E-state index contributed by atoms with van der Waals surface area (Å²) in [6, 6.07) is 3.73. The lowest BCUT2D eigenvalue weighted by Crippen LogP contribution is -2.07. The summed E-state index contributed by atoms with van der Waals surface area (Å²) in [5.41, 5.74) is 1.33. The minimum atomic E-state index is 0.478. The van der Waals surface area contributed by atoms with Crippen molar-refractivity contribution in [3.8, 4) is 0 Å². The predicted molar refractivity (Wildman–Crippen MR) is 65.1 cm³/mol. The Morgan fingerprint density at radius 2 is 2.35 bits per heavy atom. The highest BCUT2D eigenvalue weighted by molar-refractivity contribution is 5.54. The van der Waals surface area contributed by atoms with Crippen LogP contribution in [-0.4, -0.2) is 22.0 Å². The van der Waals surface area contributed by atoms with E-state index < -0.39 is 0 Å². The van der Waals surface area contributed by atoms with Crippen LogP contribution in [0.25, 0.3) is 5.70 Å². The Kier molecular flexibility index (Phi) is 3.25. The molecule has 0 saturated carbocycles. The molecule has 2 aromatic rings. The normalized spacial score (nSPS) is 10.6. The Balaban J connectivity index is 2.04. The van der Waals surface area contributed by atoms with Crippen LogP contribution in [0, 0.1) is 0 Å². The lowest BCUT2D eigenvalue weighted by Gasteiger charge is -2.09. The zero-order valence-corrected chi connectivity index (χ0v) is 9.41. The molecule has 0 aromatic carbocycles. The van der Waals surface area contributed by atoms with Crippen LogP contribution in [0.2, 0.25) is 0 Å². The van der Waals surface area contributed by atoms with Crippen molar-refractivity contribution in [3.63, 3.8) is 0 Å². The third kappa shape index (κ3) is 2.75. The number of hydrogen-bond acceptors (Lipinski definition) is 4. The monoisotopic (exact) mass is 228 g/mol. The van der Waals surface area contributed by atoms with Crippen LogP contribution < -0.4 is 5.01 Å². The van der Waals surface area contributed by atoms with Crippen LogP contribution in [0.1, 0.15) is 5.82 Å². The predicted octanol–water partition coefficient (Wildman–Crippen LogP) is 2.28. The van der Waals surface area contributed by atoms with Crippen molar-refractivity contribution in [2.45, 2.75) is 0 Å². The van der Waals surface area contributed by atoms with Crippen molar-refractivity contribution in [1.82, 2.24) is 15.0 Å². The zero-order valence-electron chi connectivity index (χ0n) is 9.41. The molecule has 17 heavy (non-hydrogen) atoms. The SMILES string of the molecule is C=C(N=NN(C)c1cccnc1)c1ncc[nH]1. The molecule has 86 valence electrons. The van der Waals surface area contributed by atoms with E-state index in [1.807, 2.05) is 12.1 Å². The number of anilines is 1. The summed E-state index contributed by atoms with van der Waals surface area (Å²) in [7, 11) is 1.79. The number of rotatable bonds is 4. The van der Waals surface area contributed by atoms with Gasteiger partial charge in [0.25, 0.3) is 0 Å². The van der Waals surface area contributed by atoms with Gasteiger partial charge in [0, 0.05) is 25.6 Å². The molecule has 1 N–H and O–H groups in total. The van der Waals surface area contributed by atoms with E-state index >= 15 is 0 Å². The molecule has 0 radical (unpaired) electrons. The Morgan fingerprint density at radius 1 is 1.47 bits per heavy atom. The fourth-order valence-electron chi connectivity index (χ4n) is 1.19. The minimum absolute atomic E-state index is 0.478. The Morgan fingerprint density at radius 3 is 3.00 bits per heavy atom. The third-order valence-corrected chi connectivity index (χ3v) is 2.09. The quantitative estimate of drug-likeness (QED) is 0.644. The van der Waals surface area contributed by atoms with Crippen LogP contribution in [0.4, 0.5) is 5.69 Å². The first-order valence-corrected chi connectivity index (χ1v) is 5.01. The molecule has 2 rings (SSSR count). The summed E-state index contributed by atoms with van der Waals surface area (Å²) in [6.45, 7) is 3.77. The van der Waals surface area contributed by atoms with Gasteiger partial charge in [-0.05, 0) is 12.1 Å². The van der Waals surface area contributed by atoms with Crippen molar-refractivity contribution < 1.29 is 0 Å². The van der Waals surface area contributed by atoms with Gasteiger partial charge in [-0.3, -0.25) is 4.98 Å². The second-order valence-corrected chi connectivity index (χ2v) is 3.31. The molecule has 0 bridgehead atoms. The fraction of sp³-hybridized carbons (Fsp3) is 0.0909. The van der Waals surface area contributed by atoms with Gasteiger partial charge in [-0.15, -0.1) is 5.11 Å². The topological polar surface area (TPSA) is 69.5 Å². The van der Waals surface area contributed by atoms with Crippen molar-refractivity contribution in [2.24, 2.45) is 10.3 Å². The Bertz CT molecular complexity index is 502. The highest BCUT2D eigenvalue weighted by Gasteiger charge is 2.00. The van der Waals surface area contributed by atoms with Crippen molar-refractivity contribution in [2.75, 3.05) is 12.1 Å². The van der Waals surface area contributed by atoms with Crippen LogP contribution in [0.3, 0.4) is 0 Å². The second kappa shape index (κ2) is 5.02. The van der Waals surface area contributed by atoms with E-state index in [4.69, 9.17) is 0 Å². The molecule has 0 fully saturated rings. The van der Waals surface area contributed by atoms with Crippen LogP contribution in [0.5, 0.6) is 0 Å². The number of nitrogens with one attached hydrogen (secondary N) is 1. The van der Waals surface area contributed by atoms with E-state index in [0.717, 1.165) is 5.69 Å². The van der Waals surface area contributed by atoms with Gasteiger partial charge in [0.2, 0.25) is 0 Å². The molecule has 0 spiro atoms. The third-order valence-electron chi connectivity index (χ3n) is 2.09. The minimum Gasteiger partial charge on any atom is -0.343 e. The van der Waals surface area contributed by atoms with Gasteiger partial charge in [-0.1, -0.05) is 11.8 Å². The highest BCUT2D eigenvalue weighted by atomic mass is 15.5. The fourth-order valence-corrected chi connectivity index (χ4v) is 1.19. The molecule has 0 amide bonds. The number of hydrogen-bond donors (Lipinski definition) is 1. The van der Waals surface area contributed by atoms with Gasteiger partial charge >= 0.3 is 0 Å². The average Bonchev–Trinajstić information content (AvgIpc) is 2.90. The van der Waals surface area contributed by atoms with E-state index in [0.29, 0.717) is 11.5 Å². The summed E-state index contributed by atoms with van der Waals surface area (Å²) in [5, 5.41) is 9.60. The summed E-state index contributed by atoms with van der Waals surface area (Å²) in [4.78, 5) is 10.9. The lowest BCUT2D eigenvalue weighted by molar-refractivity contribution is 0.918. The molecule has 2 heterocycles. The smallest absolute Gasteiger partial charge is 0.157 e. The largest absolute Gasteiger partial charge is 0.343 e. The number of nitrogens with zero attached hydrogens (tertiary/aromatic N) is 5. The number of pyridine rings is 1. The lowest BCUT2D eigenvalue weighted by atomic mass is 10.4. The molecule has 0 aliphatic carbocycles. The summed E-state index contributed by atoms with van der Waals surface area (Å²) < 4.78 is 0. The maximum absolute atomic E-state index is 4.03. The maximum atomic E-state index is 4.03. The molecule has 0 aliphatic rings. The molecule has 0 saturated heterocycles. The van der Waals surface area contributed by atoms with Gasteiger partial charge in [-0.25, -0.2) is 9.99 Å². The molecule has 0 aliphatic heterocycles. The van der Waals surface area contributed by atoms with Crippen molar-refractivity contribution in [1.29, 1.82) is 0 Å². The van der Waals surface area contributed by atoms with Gasteiger partial charge in [-0.2, -0.15) is 0 Å². The summed E-state index contributed by atoms with van der Waals surface area (Å²) >= 11 is 0. The maximum Gasteiger partial charge on any atom is 0.157 e. The molecule has 6 heteroatoms. The first kappa shape index (κ1) is 11.0. The van der Waals surface area contributed by atoms with Crippen LogP contribution in [-0.2, 0) is 0 Å². The van der Waals surface area contributed by atoms with E-state index in [9.17, 15) is 0 Å². The number of aromatic amines is 1. The first-order chi connectivity index (χ1) is 8.27. The van der Waals surface area contributed by atoms with Crippen molar-refractivity contribution >= 4 is 11.4 Å². The molecule has 2 aromatic heterocycles. The molecule has 0 unspecified atom stereocenters. The first-order valence-electron chi connectivity index (χ1n) is 5.01. The van der Waals surface area contributed by atoms with Crippen LogP contribution >= 0.6 is 0 Å². The number of H-pyrrole nitrogens is 1. The molecule has 0 atom stereocenters. The molecular formula is C11H12N6. The van der Waals surface area contributed by atoms with Gasteiger partial charge < -0.3 is 4.98 Å².